The van der Waals surface area contributed by atoms with Crippen molar-refractivity contribution in [3.63, 3.8) is 0 Å². The summed E-state index contributed by atoms with van der Waals surface area (Å²) >= 11 is 0. The van der Waals surface area contributed by atoms with Gasteiger partial charge >= 0.3 is 11.9 Å². The van der Waals surface area contributed by atoms with E-state index in [4.69, 9.17) is 9.47 Å². The fraction of sp³-hybridized carbons (Fsp3) is 0.946. The second-order valence-corrected chi connectivity index (χ2v) is 13.4. The summed E-state index contributed by atoms with van der Waals surface area (Å²) in [6, 6.07) is 0. The molecule has 0 N–H and O–H groups in total. The Morgan fingerprint density at radius 1 is 0.628 bits per heavy atom. The van der Waals surface area contributed by atoms with E-state index in [1.54, 1.807) is 0 Å². The first-order valence-corrected chi connectivity index (χ1v) is 18.8. The van der Waals surface area contributed by atoms with Gasteiger partial charge in [0.2, 0.25) is 0 Å². The van der Waals surface area contributed by atoms with Crippen LogP contribution >= 0.6 is 0 Å². The highest BCUT2D eigenvalue weighted by molar-refractivity contribution is 5.70. The van der Waals surface area contributed by atoms with Gasteiger partial charge in [0.05, 0.1) is 26.1 Å². The van der Waals surface area contributed by atoms with Crippen LogP contribution in [0.15, 0.2) is 0 Å². The van der Waals surface area contributed by atoms with Crippen LogP contribution in [0.4, 0.5) is 0 Å². The molecule has 1 fully saturated rings. The zero-order valence-corrected chi connectivity index (χ0v) is 29.0. The van der Waals surface area contributed by atoms with Gasteiger partial charge in [-0.1, -0.05) is 129 Å². The summed E-state index contributed by atoms with van der Waals surface area (Å²) < 4.78 is 11.1. The minimum Gasteiger partial charge on any atom is -0.466 e. The predicted octanol–water partition coefficient (Wildman–Crippen LogP) is 9.34. The largest absolute Gasteiger partial charge is 0.466 e. The first-order chi connectivity index (χ1) is 21.0. The molecule has 1 unspecified atom stereocenters. The van der Waals surface area contributed by atoms with E-state index in [9.17, 15) is 9.59 Å². The maximum Gasteiger partial charge on any atom is 0.307 e. The molecule has 0 radical (unpaired) electrons. The van der Waals surface area contributed by atoms with Crippen molar-refractivity contribution in [1.82, 2.24) is 9.80 Å². The second-order valence-electron chi connectivity index (χ2n) is 13.4. The Hall–Kier alpha value is -1.14. The Balaban J connectivity index is 2.19. The topological polar surface area (TPSA) is 59.1 Å². The van der Waals surface area contributed by atoms with Crippen LogP contribution in [0.5, 0.6) is 0 Å². The van der Waals surface area contributed by atoms with Gasteiger partial charge in [-0.2, -0.15) is 0 Å². The van der Waals surface area contributed by atoms with Crippen molar-refractivity contribution in [2.45, 2.75) is 168 Å². The van der Waals surface area contributed by atoms with Crippen molar-refractivity contribution in [1.29, 1.82) is 0 Å². The minimum absolute atomic E-state index is 0.106. The van der Waals surface area contributed by atoms with Gasteiger partial charge in [0, 0.05) is 26.2 Å². The number of rotatable bonds is 30. The van der Waals surface area contributed by atoms with Gasteiger partial charge in [-0.05, 0) is 45.2 Å². The summed E-state index contributed by atoms with van der Waals surface area (Å²) in [5.74, 6) is 0.375. The van der Waals surface area contributed by atoms with Crippen molar-refractivity contribution in [2.24, 2.45) is 5.92 Å². The SMILES string of the molecule is CCCCCCCCCCCCOC(=O)CCN(CCC(=O)OCCCCCCCCCCCC)CC1CCCN(C)C1. The smallest absolute Gasteiger partial charge is 0.307 e. The van der Waals surface area contributed by atoms with E-state index >= 15 is 0 Å². The van der Waals surface area contributed by atoms with E-state index < -0.39 is 0 Å². The number of esters is 2. The summed E-state index contributed by atoms with van der Waals surface area (Å²) in [6.45, 7) is 10.1. The Morgan fingerprint density at radius 2 is 1.02 bits per heavy atom. The quantitative estimate of drug-likeness (QED) is 0.0598. The lowest BCUT2D eigenvalue weighted by Gasteiger charge is -2.33. The Morgan fingerprint density at radius 3 is 1.42 bits per heavy atom. The summed E-state index contributed by atoms with van der Waals surface area (Å²) in [7, 11) is 2.19. The molecule has 1 aliphatic heterocycles. The number of carbonyl (C=O) groups excluding carboxylic acids is 2. The van der Waals surface area contributed by atoms with Crippen LogP contribution in [0, 0.1) is 5.92 Å². The zero-order chi connectivity index (χ0) is 31.2. The number of hydrogen-bond donors (Lipinski definition) is 0. The molecular weight excluding hydrogens is 536 g/mol. The third-order valence-electron chi connectivity index (χ3n) is 9.02. The molecule has 1 atom stereocenters. The predicted molar refractivity (Wildman–Crippen MR) is 182 cm³/mol. The lowest BCUT2D eigenvalue weighted by Crippen LogP contribution is -2.40. The van der Waals surface area contributed by atoms with Gasteiger partial charge < -0.3 is 19.3 Å². The number of unbranched alkanes of at least 4 members (excludes halogenated alkanes) is 18. The zero-order valence-electron chi connectivity index (χ0n) is 29.0. The fourth-order valence-electron chi connectivity index (χ4n) is 6.28. The van der Waals surface area contributed by atoms with E-state index in [0.29, 0.717) is 45.1 Å². The van der Waals surface area contributed by atoms with Crippen LogP contribution in [0.3, 0.4) is 0 Å². The summed E-state index contributed by atoms with van der Waals surface area (Å²) in [5, 5.41) is 0. The lowest BCUT2D eigenvalue weighted by molar-refractivity contribution is -0.144. The minimum atomic E-state index is -0.106. The molecule has 0 amide bonds. The van der Waals surface area contributed by atoms with E-state index in [2.05, 4.69) is 30.7 Å². The van der Waals surface area contributed by atoms with Crippen LogP contribution in [0.2, 0.25) is 0 Å². The van der Waals surface area contributed by atoms with Crippen molar-refractivity contribution in [2.75, 3.05) is 53.0 Å². The fourth-order valence-corrected chi connectivity index (χ4v) is 6.28. The maximum absolute atomic E-state index is 12.5. The Labute approximate surface area is 267 Å². The van der Waals surface area contributed by atoms with Gasteiger partial charge in [-0.25, -0.2) is 0 Å². The molecule has 6 heteroatoms. The third kappa shape index (κ3) is 25.8. The molecular formula is C37H72N2O4. The van der Waals surface area contributed by atoms with Crippen LogP contribution in [0.1, 0.15) is 168 Å². The van der Waals surface area contributed by atoms with Crippen LogP contribution in [-0.2, 0) is 19.1 Å². The summed E-state index contributed by atoms with van der Waals surface area (Å²) in [4.78, 5) is 29.6. The molecule has 1 aliphatic rings. The van der Waals surface area contributed by atoms with Gasteiger partial charge in [-0.15, -0.1) is 0 Å². The number of likely N-dealkylation sites (tertiary alicyclic amines) is 1. The molecule has 43 heavy (non-hydrogen) atoms. The molecule has 1 saturated heterocycles. The van der Waals surface area contributed by atoms with E-state index in [0.717, 1.165) is 45.3 Å². The molecule has 6 nitrogen and oxygen atoms in total. The van der Waals surface area contributed by atoms with Gasteiger partial charge in [-0.3, -0.25) is 9.59 Å². The van der Waals surface area contributed by atoms with E-state index in [-0.39, 0.29) is 11.9 Å². The number of ether oxygens (including phenoxy) is 2. The van der Waals surface area contributed by atoms with Crippen molar-refractivity contribution in [3.8, 4) is 0 Å². The normalized spacial score (nSPS) is 15.7. The molecule has 1 rings (SSSR count). The number of nitrogens with zero attached hydrogens (tertiary/aromatic N) is 2. The standard InChI is InChI=1S/C37H72N2O4/c1-4-6-8-10-12-14-16-18-20-22-31-42-36(40)26-29-39(34-35-25-24-28-38(3)33-35)30-27-37(41)43-32-23-21-19-17-15-13-11-9-7-5-2/h35H,4-34H2,1-3H3. The van der Waals surface area contributed by atoms with E-state index in [1.807, 2.05) is 0 Å². The molecule has 0 aromatic rings. The molecule has 1 heterocycles. The molecule has 0 aromatic heterocycles. The van der Waals surface area contributed by atoms with Gasteiger partial charge in [0.1, 0.15) is 0 Å². The molecule has 0 aliphatic carbocycles. The average molecular weight is 609 g/mol. The third-order valence-corrected chi connectivity index (χ3v) is 9.02. The van der Waals surface area contributed by atoms with E-state index in [1.165, 1.54) is 116 Å². The Bertz CT molecular complexity index is 602. The molecule has 0 bridgehead atoms. The van der Waals surface area contributed by atoms with Crippen LogP contribution in [-0.4, -0.2) is 74.7 Å². The molecule has 254 valence electrons. The molecule has 0 spiro atoms. The molecule has 0 aromatic carbocycles. The number of piperidine rings is 1. The second kappa shape index (κ2) is 29.6. The highest BCUT2D eigenvalue weighted by atomic mass is 16.5. The van der Waals surface area contributed by atoms with Gasteiger partial charge in [0.15, 0.2) is 0 Å². The van der Waals surface area contributed by atoms with Crippen molar-refractivity contribution < 1.29 is 19.1 Å². The monoisotopic (exact) mass is 609 g/mol. The highest BCUT2D eigenvalue weighted by Crippen LogP contribution is 2.17. The average Bonchev–Trinajstić information content (AvgIpc) is 3.00. The van der Waals surface area contributed by atoms with Crippen molar-refractivity contribution >= 4 is 11.9 Å². The first kappa shape index (κ1) is 39.9. The molecule has 0 saturated carbocycles. The van der Waals surface area contributed by atoms with Crippen LogP contribution in [0.25, 0.3) is 0 Å². The van der Waals surface area contributed by atoms with Crippen LogP contribution < -0.4 is 0 Å². The van der Waals surface area contributed by atoms with Gasteiger partial charge in [0.25, 0.3) is 0 Å². The maximum atomic E-state index is 12.5. The lowest BCUT2D eigenvalue weighted by atomic mass is 9.97. The summed E-state index contributed by atoms with van der Waals surface area (Å²) in [5.41, 5.74) is 0. The highest BCUT2D eigenvalue weighted by Gasteiger charge is 2.21. The summed E-state index contributed by atoms with van der Waals surface area (Å²) in [6.07, 6.45) is 28.8. The number of hydrogen-bond acceptors (Lipinski definition) is 6. The Kier molecular flexibility index (Phi) is 27.4. The first-order valence-electron chi connectivity index (χ1n) is 18.8. The van der Waals surface area contributed by atoms with Crippen molar-refractivity contribution in [3.05, 3.63) is 0 Å². The number of carbonyl (C=O) groups is 2.